The van der Waals surface area contributed by atoms with Crippen molar-refractivity contribution < 1.29 is 9.47 Å². The molecule has 5 nitrogen and oxygen atoms in total. The van der Waals surface area contributed by atoms with Crippen LogP contribution >= 0.6 is 34.2 Å². The Hall–Kier alpha value is -2.06. The molecule has 2 aromatic carbocycles. The van der Waals surface area contributed by atoms with Crippen LogP contribution in [0, 0.1) is 3.57 Å². The summed E-state index contributed by atoms with van der Waals surface area (Å²) in [5, 5.41) is 0.141. The molecule has 3 aromatic rings. The fourth-order valence-corrected chi connectivity index (χ4v) is 2.65. The minimum Gasteiger partial charge on any atom is -0.493 e. The van der Waals surface area contributed by atoms with E-state index < -0.39 is 0 Å². The zero-order chi connectivity index (χ0) is 17.1. The Labute approximate surface area is 157 Å². The first-order valence-corrected chi connectivity index (χ1v) is 8.44. The van der Waals surface area contributed by atoms with Gasteiger partial charge in [0.1, 0.15) is 0 Å². The van der Waals surface area contributed by atoms with E-state index in [9.17, 15) is 0 Å². The Morgan fingerprint density at radius 3 is 2.29 bits per heavy atom. The summed E-state index contributed by atoms with van der Waals surface area (Å²) in [6.45, 7) is 0. The van der Waals surface area contributed by atoms with Crippen LogP contribution < -0.4 is 15.2 Å². The number of aromatic nitrogens is 2. The minimum absolute atomic E-state index is 0.141. The lowest BCUT2D eigenvalue weighted by Gasteiger charge is -2.13. The monoisotopic (exact) mass is 453 g/mol. The Kier molecular flexibility index (Phi) is 5.06. The van der Waals surface area contributed by atoms with Gasteiger partial charge in [0.15, 0.2) is 28.3 Å². The Balaban J connectivity index is 1.97. The summed E-state index contributed by atoms with van der Waals surface area (Å²) in [7, 11) is 1.56. The molecule has 0 radical (unpaired) electrons. The van der Waals surface area contributed by atoms with E-state index in [1.54, 1.807) is 19.2 Å². The topological polar surface area (TPSA) is 70.3 Å². The highest BCUT2D eigenvalue weighted by Crippen LogP contribution is 2.37. The quantitative estimate of drug-likeness (QED) is 0.454. The molecule has 122 valence electrons. The second kappa shape index (κ2) is 7.23. The number of benzene rings is 2. The highest BCUT2D eigenvalue weighted by Gasteiger charge is 2.16. The molecule has 0 aliphatic rings. The Morgan fingerprint density at radius 2 is 1.67 bits per heavy atom. The van der Waals surface area contributed by atoms with Gasteiger partial charge in [0.05, 0.1) is 7.11 Å². The molecular weight excluding hydrogens is 441 g/mol. The minimum atomic E-state index is 0.141. The second-order valence-electron chi connectivity index (χ2n) is 4.81. The lowest BCUT2D eigenvalue weighted by atomic mass is 10.2. The van der Waals surface area contributed by atoms with Crippen molar-refractivity contribution in [2.24, 2.45) is 0 Å². The first-order chi connectivity index (χ1) is 11.6. The number of nitrogen functional groups attached to an aromatic ring is 1. The fourth-order valence-electron chi connectivity index (χ4n) is 2.07. The number of halogens is 2. The van der Waals surface area contributed by atoms with Crippen molar-refractivity contribution in [3.8, 4) is 28.6 Å². The molecule has 0 saturated heterocycles. The van der Waals surface area contributed by atoms with Crippen molar-refractivity contribution in [1.82, 2.24) is 9.97 Å². The van der Waals surface area contributed by atoms with E-state index in [0.717, 1.165) is 9.13 Å². The van der Waals surface area contributed by atoms with Gasteiger partial charge in [0, 0.05) is 9.13 Å². The van der Waals surface area contributed by atoms with E-state index in [1.807, 2.05) is 36.4 Å². The number of hydrogen-bond acceptors (Lipinski definition) is 5. The molecule has 2 N–H and O–H groups in total. The number of anilines is 1. The highest BCUT2D eigenvalue weighted by atomic mass is 127. The summed E-state index contributed by atoms with van der Waals surface area (Å²) < 4.78 is 12.1. The van der Waals surface area contributed by atoms with Gasteiger partial charge in [0.25, 0.3) is 0 Å². The summed E-state index contributed by atoms with van der Waals surface area (Å²) in [5.74, 6) is 1.86. The van der Waals surface area contributed by atoms with E-state index in [0.29, 0.717) is 17.3 Å². The number of rotatable bonds is 4. The van der Waals surface area contributed by atoms with Crippen LogP contribution in [0.4, 0.5) is 5.82 Å². The molecule has 0 fully saturated rings. The highest BCUT2D eigenvalue weighted by molar-refractivity contribution is 14.1. The van der Waals surface area contributed by atoms with Crippen LogP contribution in [0.15, 0.2) is 48.5 Å². The zero-order valence-electron chi connectivity index (χ0n) is 12.7. The maximum atomic E-state index is 6.26. The predicted molar refractivity (Wildman–Crippen MR) is 103 cm³/mol. The number of para-hydroxylation sites is 2. The zero-order valence-corrected chi connectivity index (χ0v) is 15.6. The molecule has 0 spiro atoms. The van der Waals surface area contributed by atoms with Crippen molar-refractivity contribution in [2.45, 2.75) is 0 Å². The van der Waals surface area contributed by atoms with Crippen LogP contribution in [0.25, 0.3) is 11.4 Å². The van der Waals surface area contributed by atoms with Crippen molar-refractivity contribution in [3.05, 3.63) is 57.3 Å². The third kappa shape index (κ3) is 3.54. The van der Waals surface area contributed by atoms with Crippen LogP contribution in [0.2, 0.25) is 5.15 Å². The SMILES string of the molecule is COc1ccccc1Oc1c(N)nc(-c2ccc(I)cc2)nc1Cl. The first-order valence-electron chi connectivity index (χ1n) is 6.98. The molecule has 0 amide bonds. The summed E-state index contributed by atoms with van der Waals surface area (Å²) in [4.78, 5) is 8.59. The van der Waals surface area contributed by atoms with Crippen LogP contribution in [0.3, 0.4) is 0 Å². The van der Waals surface area contributed by atoms with Gasteiger partial charge in [-0.2, -0.15) is 0 Å². The average molecular weight is 454 g/mol. The Morgan fingerprint density at radius 1 is 1.00 bits per heavy atom. The first kappa shape index (κ1) is 16.8. The van der Waals surface area contributed by atoms with E-state index in [1.165, 1.54) is 0 Å². The summed E-state index contributed by atoms with van der Waals surface area (Å²) in [6.07, 6.45) is 0. The maximum absolute atomic E-state index is 6.26. The Bertz CT molecular complexity index is 849. The smallest absolute Gasteiger partial charge is 0.206 e. The number of hydrogen-bond donors (Lipinski definition) is 1. The molecule has 24 heavy (non-hydrogen) atoms. The number of methoxy groups -OCH3 is 1. The van der Waals surface area contributed by atoms with Crippen molar-refractivity contribution in [2.75, 3.05) is 12.8 Å². The fraction of sp³-hybridized carbons (Fsp3) is 0.0588. The van der Waals surface area contributed by atoms with E-state index >= 15 is 0 Å². The summed E-state index contributed by atoms with van der Waals surface area (Å²) in [6, 6.07) is 14.9. The molecule has 1 heterocycles. The molecule has 0 aliphatic heterocycles. The average Bonchev–Trinajstić information content (AvgIpc) is 2.59. The van der Waals surface area contributed by atoms with Crippen LogP contribution in [0.1, 0.15) is 0 Å². The van der Waals surface area contributed by atoms with Crippen LogP contribution in [-0.4, -0.2) is 17.1 Å². The number of nitrogens with two attached hydrogens (primary N) is 1. The molecule has 0 atom stereocenters. The molecule has 7 heteroatoms. The van der Waals surface area contributed by atoms with E-state index in [-0.39, 0.29) is 16.7 Å². The van der Waals surface area contributed by atoms with E-state index in [4.69, 9.17) is 26.8 Å². The largest absolute Gasteiger partial charge is 0.493 e. The maximum Gasteiger partial charge on any atom is 0.206 e. The molecule has 0 saturated carbocycles. The van der Waals surface area contributed by atoms with Crippen LogP contribution in [-0.2, 0) is 0 Å². The van der Waals surface area contributed by atoms with Gasteiger partial charge >= 0.3 is 0 Å². The van der Waals surface area contributed by atoms with Gasteiger partial charge in [-0.05, 0) is 46.9 Å². The third-order valence-electron chi connectivity index (χ3n) is 3.23. The van der Waals surface area contributed by atoms with Crippen molar-refractivity contribution >= 4 is 40.0 Å². The molecule has 0 aliphatic carbocycles. The molecule has 3 rings (SSSR count). The summed E-state index contributed by atoms with van der Waals surface area (Å²) in [5.41, 5.74) is 6.85. The predicted octanol–water partition coefficient (Wildman–Crippen LogP) is 4.78. The van der Waals surface area contributed by atoms with E-state index in [2.05, 4.69) is 32.6 Å². The number of nitrogens with zero attached hydrogens (tertiary/aromatic N) is 2. The van der Waals surface area contributed by atoms with Gasteiger partial charge in [-0.25, -0.2) is 9.97 Å². The van der Waals surface area contributed by atoms with Crippen LogP contribution in [0.5, 0.6) is 17.2 Å². The lowest BCUT2D eigenvalue weighted by Crippen LogP contribution is -2.01. The normalized spacial score (nSPS) is 10.5. The third-order valence-corrected chi connectivity index (χ3v) is 4.21. The molecule has 0 bridgehead atoms. The van der Waals surface area contributed by atoms with Gasteiger partial charge in [0.2, 0.25) is 5.75 Å². The van der Waals surface area contributed by atoms with Gasteiger partial charge < -0.3 is 15.2 Å². The lowest BCUT2D eigenvalue weighted by molar-refractivity contribution is 0.378. The van der Waals surface area contributed by atoms with Gasteiger partial charge in [-0.15, -0.1) is 0 Å². The number of ether oxygens (including phenoxy) is 2. The summed E-state index contributed by atoms with van der Waals surface area (Å²) >= 11 is 8.49. The van der Waals surface area contributed by atoms with Gasteiger partial charge in [-0.3, -0.25) is 0 Å². The standard InChI is InChI=1S/C17H13ClIN3O2/c1-23-12-4-2-3-5-13(12)24-14-15(18)21-17(22-16(14)20)10-6-8-11(19)9-7-10/h2-9H,1H3,(H2,20,21,22). The molecular formula is C17H13ClIN3O2. The van der Waals surface area contributed by atoms with Crippen molar-refractivity contribution in [1.29, 1.82) is 0 Å². The van der Waals surface area contributed by atoms with Crippen molar-refractivity contribution in [3.63, 3.8) is 0 Å². The molecule has 0 unspecified atom stereocenters. The molecule has 1 aromatic heterocycles. The second-order valence-corrected chi connectivity index (χ2v) is 6.42. The van der Waals surface area contributed by atoms with Gasteiger partial charge in [-0.1, -0.05) is 35.9 Å².